The van der Waals surface area contributed by atoms with Gasteiger partial charge in [-0.3, -0.25) is 4.79 Å². The molecule has 2 heterocycles. The number of carbonyl (C=O) groups is 1. The molecule has 1 aliphatic heterocycles. The minimum atomic E-state index is -0.0165. The first-order valence-electron chi connectivity index (χ1n) is 7.55. The van der Waals surface area contributed by atoms with Crippen LogP contribution in [-0.2, 0) is 0 Å². The number of nitrogens with zero attached hydrogens (tertiary/aromatic N) is 2. The molecule has 2 N–H and O–H groups in total. The molecule has 0 atom stereocenters. The van der Waals surface area contributed by atoms with Gasteiger partial charge in [0.25, 0.3) is 5.91 Å². The average molecular weight is 290 g/mol. The van der Waals surface area contributed by atoms with Gasteiger partial charge in [-0.1, -0.05) is 6.92 Å². The second kappa shape index (κ2) is 6.43. The van der Waals surface area contributed by atoms with E-state index >= 15 is 0 Å². The highest BCUT2D eigenvalue weighted by atomic mass is 16.1. The van der Waals surface area contributed by atoms with Crippen molar-refractivity contribution >= 4 is 11.7 Å². The monoisotopic (exact) mass is 290 g/mol. The van der Waals surface area contributed by atoms with Gasteiger partial charge in [0.15, 0.2) is 0 Å². The summed E-state index contributed by atoms with van der Waals surface area (Å²) in [6.07, 6.45) is 2.25. The van der Waals surface area contributed by atoms with Gasteiger partial charge in [0.2, 0.25) is 0 Å². The molecule has 21 heavy (non-hydrogen) atoms. The summed E-state index contributed by atoms with van der Waals surface area (Å²) < 4.78 is 0. The van der Waals surface area contributed by atoms with E-state index in [1.165, 1.54) is 0 Å². The Hall–Kier alpha value is -1.62. The second-order valence-electron chi connectivity index (χ2n) is 6.43. The van der Waals surface area contributed by atoms with Gasteiger partial charge in [-0.05, 0) is 57.5 Å². The first-order valence-corrected chi connectivity index (χ1v) is 7.55. The Kier molecular flexibility index (Phi) is 4.83. The molecule has 0 bridgehead atoms. The van der Waals surface area contributed by atoms with Crippen LogP contribution in [0.3, 0.4) is 0 Å². The summed E-state index contributed by atoms with van der Waals surface area (Å²) in [6.45, 7) is 7.10. The quantitative estimate of drug-likeness (QED) is 0.889. The van der Waals surface area contributed by atoms with Gasteiger partial charge in [-0.15, -0.1) is 0 Å². The van der Waals surface area contributed by atoms with Crippen LogP contribution in [0.5, 0.6) is 0 Å². The summed E-state index contributed by atoms with van der Waals surface area (Å²) in [5.41, 5.74) is 1.72. The van der Waals surface area contributed by atoms with Crippen LogP contribution in [-0.4, -0.2) is 49.5 Å². The van der Waals surface area contributed by atoms with Crippen molar-refractivity contribution < 1.29 is 4.79 Å². The lowest BCUT2D eigenvalue weighted by Gasteiger charge is -2.37. The molecule has 0 radical (unpaired) electrons. The molecule has 1 fully saturated rings. The number of rotatable bonds is 4. The predicted octanol–water partition coefficient (Wildman–Crippen LogP) is 1.89. The van der Waals surface area contributed by atoms with Crippen molar-refractivity contribution in [1.29, 1.82) is 0 Å². The molecule has 2 rings (SSSR count). The third kappa shape index (κ3) is 4.17. The second-order valence-corrected chi connectivity index (χ2v) is 6.43. The molecule has 1 aromatic heterocycles. The summed E-state index contributed by atoms with van der Waals surface area (Å²) in [6, 6.07) is 3.62. The lowest BCUT2D eigenvalue weighted by atomic mass is 9.80. The van der Waals surface area contributed by atoms with Crippen LogP contribution >= 0.6 is 0 Å². The lowest BCUT2D eigenvalue weighted by molar-refractivity contribution is 0.0891. The van der Waals surface area contributed by atoms with Crippen molar-refractivity contribution in [2.45, 2.75) is 26.7 Å². The molecule has 0 spiro atoms. The number of amides is 1. The van der Waals surface area contributed by atoms with Gasteiger partial charge in [-0.25, -0.2) is 4.98 Å². The molecule has 0 aromatic carbocycles. The van der Waals surface area contributed by atoms with Gasteiger partial charge in [0.05, 0.1) is 0 Å². The zero-order chi connectivity index (χ0) is 15.5. The highest BCUT2D eigenvalue weighted by Gasteiger charge is 2.29. The molecule has 0 aliphatic carbocycles. The third-order valence-electron chi connectivity index (χ3n) is 4.34. The predicted molar refractivity (Wildman–Crippen MR) is 85.7 cm³/mol. The van der Waals surface area contributed by atoms with E-state index in [1.807, 2.05) is 20.0 Å². The number of hydrogen-bond acceptors (Lipinski definition) is 4. The summed E-state index contributed by atoms with van der Waals surface area (Å²) in [4.78, 5) is 19.0. The van der Waals surface area contributed by atoms with E-state index in [0.29, 0.717) is 5.56 Å². The van der Waals surface area contributed by atoms with Crippen LogP contribution in [0.4, 0.5) is 5.82 Å². The number of aromatic nitrogens is 1. The van der Waals surface area contributed by atoms with Crippen molar-refractivity contribution in [3.8, 4) is 0 Å². The van der Waals surface area contributed by atoms with Crippen LogP contribution in [0, 0.1) is 12.3 Å². The Morgan fingerprint density at radius 1 is 1.38 bits per heavy atom. The maximum Gasteiger partial charge on any atom is 0.251 e. The SMILES string of the molecule is CNc1cc(C(=O)NCC2(C)CCN(C)CC2)cc(C)n1. The number of likely N-dealkylation sites (tertiary alicyclic amines) is 1. The fraction of sp³-hybridized carbons (Fsp3) is 0.625. The number of pyridine rings is 1. The number of piperidine rings is 1. The molecule has 5 heteroatoms. The summed E-state index contributed by atoms with van der Waals surface area (Å²) in [5, 5.41) is 6.07. The smallest absolute Gasteiger partial charge is 0.251 e. The highest BCUT2D eigenvalue weighted by molar-refractivity contribution is 5.95. The Morgan fingerprint density at radius 2 is 2.05 bits per heavy atom. The summed E-state index contributed by atoms with van der Waals surface area (Å²) >= 11 is 0. The average Bonchev–Trinajstić information content (AvgIpc) is 2.47. The first kappa shape index (κ1) is 15.8. The van der Waals surface area contributed by atoms with Crippen molar-refractivity contribution in [3.63, 3.8) is 0 Å². The van der Waals surface area contributed by atoms with E-state index in [9.17, 15) is 4.79 Å². The first-order chi connectivity index (χ1) is 9.92. The largest absolute Gasteiger partial charge is 0.373 e. The topological polar surface area (TPSA) is 57.3 Å². The minimum Gasteiger partial charge on any atom is -0.373 e. The Bertz CT molecular complexity index is 507. The van der Waals surface area contributed by atoms with E-state index in [-0.39, 0.29) is 11.3 Å². The van der Waals surface area contributed by atoms with Crippen molar-refractivity contribution in [2.75, 3.05) is 39.0 Å². The van der Waals surface area contributed by atoms with Gasteiger partial charge in [0.1, 0.15) is 5.82 Å². The molecule has 1 aliphatic rings. The molecule has 0 unspecified atom stereocenters. The molecule has 0 saturated carbocycles. The van der Waals surface area contributed by atoms with E-state index in [4.69, 9.17) is 0 Å². The number of aryl methyl sites for hydroxylation is 1. The van der Waals surface area contributed by atoms with E-state index in [0.717, 1.165) is 44.0 Å². The Balaban J connectivity index is 1.97. The van der Waals surface area contributed by atoms with E-state index < -0.39 is 0 Å². The van der Waals surface area contributed by atoms with E-state index in [1.54, 1.807) is 6.07 Å². The summed E-state index contributed by atoms with van der Waals surface area (Å²) in [7, 11) is 3.96. The molecular formula is C16H26N4O. The highest BCUT2D eigenvalue weighted by Crippen LogP contribution is 2.29. The fourth-order valence-corrected chi connectivity index (χ4v) is 2.66. The van der Waals surface area contributed by atoms with Crippen molar-refractivity contribution in [1.82, 2.24) is 15.2 Å². The standard InChI is InChI=1S/C16H26N4O/c1-12-9-13(10-14(17-3)19-12)15(21)18-11-16(2)5-7-20(4)8-6-16/h9-10H,5-8,11H2,1-4H3,(H,17,19)(H,18,21). The van der Waals surface area contributed by atoms with Gasteiger partial charge in [0, 0.05) is 24.8 Å². The van der Waals surface area contributed by atoms with Crippen LogP contribution in [0.25, 0.3) is 0 Å². The number of nitrogens with one attached hydrogen (secondary N) is 2. The van der Waals surface area contributed by atoms with Gasteiger partial charge in [-0.2, -0.15) is 0 Å². The lowest BCUT2D eigenvalue weighted by Crippen LogP contribution is -2.43. The molecule has 1 amide bonds. The normalized spacial score (nSPS) is 18.3. The van der Waals surface area contributed by atoms with Crippen LogP contribution in [0.1, 0.15) is 35.8 Å². The molecule has 5 nitrogen and oxygen atoms in total. The zero-order valence-electron chi connectivity index (χ0n) is 13.5. The number of hydrogen-bond donors (Lipinski definition) is 2. The molecular weight excluding hydrogens is 264 g/mol. The maximum atomic E-state index is 12.3. The Labute approximate surface area is 127 Å². The van der Waals surface area contributed by atoms with Crippen LogP contribution < -0.4 is 10.6 Å². The Morgan fingerprint density at radius 3 is 2.67 bits per heavy atom. The van der Waals surface area contributed by atoms with Crippen molar-refractivity contribution in [3.05, 3.63) is 23.4 Å². The minimum absolute atomic E-state index is 0.0165. The fourth-order valence-electron chi connectivity index (χ4n) is 2.66. The van der Waals surface area contributed by atoms with Gasteiger partial charge < -0.3 is 15.5 Å². The number of anilines is 1. The summed E-state index contributed by atoms with van der Waals surface area (Å²) in [5.74, 6) is 0.711. The van der Waals surface area contributed by atoms with Gasteiger partial charge >= 0.3 is 0 Å². The molecule has 1 aromatic rings. The third-order valence-corrected chi connectivity index (χ3v) is 4.34. The molecule has 116 valence electrons. The molecule has 1 saturated heterocycles. The number of carbonyl (C=O) groups excluding carboxylic acids is 1. The zero-order valence-corrected chi connectivity index (χ0v) is 13.5. The maximum absolute atomic E-state index is 12.3. The van der Waals surface area contributed by atoms with Crippen LogP contribution in [0.2, 0.25) is 0 Å². The van der Waals surface area contributed by atoms with E-state index in [2.05, 4.69) is 34.5 Å². The van der Waals surface area contributed by atoms with Crippen molar-refractivity contribution in [2.24, 2.45) is 5.41 Å². The van der Waals surface area contributed by atoms with Crippen LogP contribution in [0.15, 0.2) is 12.1 Å².